The molecular weight excluding hydrogens is 200 g/mol. The summed E-state index contributed by atoms with van der Waals surface area (Å²) in [4.78, 5) is 0. The van der Waals surface area contributed by atoms with Crippen LogP contribution < -0.4 is 11.1 Å². The zero-order valence-corrected chi connectivity index (χ0v) is 10.5. The molecule has 0 bridgehead atoms. The van der Waals surface area contributed by atoms with E-state index in [0.717, 1.165) is 43.9 Å². The summed E-state index contributed by atoms with van der Waals surface area (Å²) in [6, 6.07) is 1.09. The van der Waals surface area contributed by atoms with Crippen LogP contribution in [0.1, 0.15) is 38.5 Å². The maximum atomic E-state index is 6.09. The standard InChI is InChI=1S/C13H26N2O/c1-16-8-2-3-12(14)9-15-13(10-4-5-10)11-6-7-11/h10-13,15H,2-9,14H2,1H3. The van der Waals surface area contributed by atoms with Gasteiger partial charge >= 0.3 is 0 Å². The average molecular weight is 226 g/mol. The highest BCUT2D eigenvalue weighted by atomic mass is 16.5. The molecular formula is C13H26N2O. The lowest BCUT2D eigenvalue weighted by Gasteiger charge is -2.20. The van der Waals surface area contributed by atoms with Gasteiger partial charge in [0, 0.05) is 32.3 Å². The summed E-state index contributed by atoms with van der Waals surface area (Å²) in [6.07, 6.45) is 7.90. The minimum atomic E-state index is 0.301. The molecule has 1 unspecified atom stereocenters. The van der Waals surface area contributed by atoms with Crippen molar-refractivity contribution in [2.75, 3.05) is 20.3 Å². The fourth-order valence-corrected chi connectivity index (χ4v) is 2.51. The lowest BCUT2D eigenvalue weighted by Crippen LogP contribution is -2.41. The van der Waals surface area contributed by atoms with Gasteiger partial charge in [-0.1, -0.05) is 0 Å². The fraction of sp³-hybridized carbons (Fsp3) is 1.00. The Morgan fingerprint density at radius 2 is 1.88 bits per heavy atom. The van der Waals surface area contributed by atoms with Gasteiger partial charge in [0.15, 0.2) is 0 Å². The quantitative estimate of drug-likeness (QED) is 0.586. The molecule has 3 nitrogen and oxygen atoms in total. The van der Waals surface area contributed by atoms with Crippen molar-refractivity contribution >= 4 is 0 Å². The van der Waals surface area contributed by atoms with E-state index in [9.17, 15) is 0 Å². The Hall–Kier alpha value is -0.120. The molecule has 0 radical (unpaired) electrons. The molecule has 0 saturated heterocycles. The number of rotatable bonds is 9. The summed E-state index contributed by atoms with van der Waals surface area (Å²) in [5, 5.41) is 3.70. The van der Waals surface area contributed by atoms with Crippen molar-refractivity contribution in [1.29, 1.82) is 0 Å². The largest absolute Gasteiger partial charge is 0.385 e. The molecule has 0 spiro atoms. The molecule has 0 aromatic carbocycles. The molecule has 0 amide bonds. The molecule has 2 aliphatic rings. The maximum absolute atomic E-state index is 6.09. The third-order valence-electron chi connectivity index (χ3n) is 3.80. The smallest absolute Gasteiger partial charge is 0.0462 e. The van der Waals surface area contributed by atoms with Crippen LogP contribution in [0.5, 0.6) is 0 Å². The number of ether oxygens (including phenoxy) is 1. The summed E-state index contributed by atoms with van der Waals surface area (Å²) in [5.41, 5.74) is 6.09. The minimum Gasteiger partial charge on any atom is -0.385 e. The first-order chi connectivity index (χ1) is 7.81. The van der Waals surface area contributed by atoms with E-state index in [0.29, 0.717) is 6.04 Å². The van der Waals surface area contributed by atoms with Crippen LogP contribution in [0.25, 0.3) is 0 Å². The molecule has 2 saturated carbocycles. The van der Waals surface area contributed by atoms with E-state index in [1.165, 1.54) is 25.7 Å². The molecule has 3 heteroatoms. The van der Waals surface area contributed by atoms with Gasteiger partial charge in [-0.15, -0.1) is 0 Å². The van der Waals surface area contributed by atoms with Crippen molar-refractivity contribution in [2.24, 2.45) is 17.6 Å². The van der Waals surface area contributed by atoms with Crippen molar-refractivity contribution in [3.8, 4) is 0 Å². The third-order valence-corrected chi connectivity index (χ3v) is 3.80. The van der Waals surface area contributed by atoms with E-state index in [-0.39, 0.29) is 0 Å². The van der Waals surface area contributed by atoms with Crippen molar-refractivity contribution in [2.45, 2.75) is 50.6 Å². The van der Waals surface area contributed by atoms with Crippen LogP contribution in [-0.2, 0) is 4.74 Å². The van der Waals surface area contributed by atoms with E-state index < -0.39 is 0 Å². The fourth-order valence-electron chi connectivity index (χ4n) is 2.51. The number of hydrogen-bond acceptors (Lipinski definition) is 3. The van der Waals surface area contributed by atoms with Gasteiger partial charge in [0.25, 0.3) is 0 Å². The lowest BCUT2D eigenvalue weighted by molar-refractivity contribution is 0.190. The SMILES string of the molecule is COCCCC(N)CNC(C1CC1)C1CC1. The van der Waals surface area contributed by atoms with Crippen LogP contribution >= 0.6 is 0 Å². The normalized spacial score (nSPS) is 22.7. The van der Waals surface area contributed by atoms with Gasteiger partial charge in [0.1, 0.15) is 0 Å². The number of hydrogen-bond donors (Lipinski definition) is 2. The summed E-state index contributed by atoms with van der Waals surface area (Å²) < 4.78 is 5.04. The molecule has 2 rings (SSSR count). The second-order valence-electron chi connectivity index (χ2n) is 5.50. The van der Waals surface area contributed by atoms with Crippen molar-refractivity contribution in [3.63, 3.8) is 0 Å². The van der Waals surface area contributed by atoms with Gasteiger partial charge in [-0.25, -0.2) is 0 Å². The van der Waals surface area contributed by atoms with Gasteiger partial charge in [-0.3, -0.25) is 0 Å². The van der Waals surface area contributed by atoms with Crippen LogP contribution in [0.4, 0.5) is 0 Å². The number of methoxy groups -OCH3 is 1. The Morgan fingerprint density at radius 1 is 1.25 bits per heavy atom. The first-order valence-electron chi connectivity index (χ1n) is 6.79. The van der Waals surface area contributed by atoms with Crippen LogP contribution in [0.3, 0.4) is 0 Å². The molecule has 2 aliphatic carbocycles. The number of nitrogens with two attached hydrogens (primary N) is 1. The highest BCUT2D eigenvalue weighted by Gasteiger charge is 2.40. The van der Waals surface area contributed by atoms with Gasteiger partial charge in [0.05, 0.1) is 0 Å². The molecule has 0 aromatic heterocycles. The Labute approximate surface area is 99.1 Å². The van der Waals surface area contributed by atoms with E-state index >= 15 is 0 Å². The highest BCUT2D eigenvalue weighted by Crippen LogP contribution is 2.44. The summed E-state index contributed by atoms with van der Waals surface area (Å²) >= 11 is 0. The third kappa shape index (κ3) is 4.04. The molecule has 2 fully saturated rings. The van der Waals surface area contributed by atoms with Crippen molar-refractivity contribution in [3.05, 3.63) is 0 Å². The van der Waals surface area contributed by atoms with Crippen LogP contribution in [0.15, 0.2) is 0 Å². The molecule has 3 N–H and O–H groups in total. The molecule has 0 aromatic rings. The Morgan fingerprint density at radius 3 is 2.38 bits per heavy atom. The first-order valence-corrected chi connectivity index (χ1v) is 6.79. The first kappa shape index (κ1) is 12.3. The zero-order chi connectivity index (χ0) is 11.4. The molecule has 0 heterocycles. The maximum Gasteiger partial charge on any atom is 0.0462 e. The molecule has 16 heavy (non-hydrogen) atoms. The average Bonchev–Trinajstić information content (AvgIpc) is 3.13. The van der Waals surface area contributed by atoms with Gasteiger partial charge in [-0.2, -0.15) is 0 Å². The van der Waals surface area contributed by atoms with E-state index in [4.69, 9.17) is 10.5 Å². The van der Waals surface area contributed by atoms with Gasteiger partial charge < -0.3 is 15.8 Å². The number of nitrogens with one attached hydrogen (secondary N) is 1. The van der Waals surface area contributed by atoms with Crippen LogP contribution in [-0.4, -0.2) is 32.3 Å². The minimum absolute atomic E-state index is 0.301. The molecule has 94 valence electrons. The van der Waals surface area contributed by atoms with E-state index in [1.807, 2.05) is 0 Å². The zero-order valence-electron chi connectivity index (χ0n) is 10.5. The summed E-state index contributed by atoms with van der Waals surface area (Å²) in [7, 11) is 1.75. The second-order valence-corrected chi connectivity index (χ2v) is 5.50. The Kier molecular flexibility index (Phi) is 4.62. The highest BCUT2D eigenvalue weighted by molar-refractivity contribution is 4.96. The van der Waals surface area contributed by atoms with Crippen molar-refractivity contribution in [1.82, 2.24) is 5.32 Å². The van der Waals surface area contributed by atoms with Gasteiger partial charge in [0.2, 0.25) is 0 Å². The van der Waals surface area contributed by atoms with Crippen LogP contribution in [0, 0.1) is 11.8 Å². The van der Waals surface area contributed by atoms with Crippen molar-refractivity contribution < 1.29 is 4.74 Å². The van der Waals surface area contributed by atoms with Gasteiger partial charge in [-0.05, 0) is 50.4 Å². The Balaban J connectivity index is 1.57. The lowest BCUT2D eigenvalue weighted by atomic mass is 10.1. The Bertz CT molecular complexity index is 190. The van der Waals surface area contributed by atoms with E-state index in [2.05, 4.69) is 5.32 Å². The monoisotopic (exact) mass is 226 g/mol. The topological polar surface area (TPSA) is 47.3 Å². The van der Waals surface area contributed by atoms with E-state index in [1.54, 1.807) is 7.11 Å². The predicted octanol–water partition coefficient (Wildman–Crippen LogP) is 1.52. The molecule has 1 atom stereocenters. The second kappa shape index (κ2) is 5.99. The summed E-state index contributed by atoms with van der Waals surface area (Å²) in [6.45, 7) is 1.82. The summed E-state index contributed by atoms with van der Waals surface area (Å²) in [5.74, 6) is 1.94. The molecule has 0 aliphatic heterocycles. The predicted molar refractivity (Wildman–Crippen MR) is 66.3 cm³/mol. The van der Waals surface area contributed by atoms with Crippen LogP contribution in [0.2, 0.25) is 0 Å².